The summed E-state index contributed by atoms with van der Waals surface area (Å²) in [4.78, 5) is 14.7. The van der Waals surface area contributed by atoms with Crippen LogP contribution in [0.3, 0.4) is 0 Å². The minimum atomic E-state index is 0.0540. The van der Waals surface area contributed by atoms with Gasteiger partial charge in [-0.05, 0) is 50.5 Å². The van der Waals surface area contributed by atoms with Gasteiger partial charge in [0, 0.05) is 38.2 Å². The van der Waals surface area contributed by atoms with Crippen molar-refractivity contribution in [2.24, 2.45) is 5.92 Å². The molecule has 1 atom stereocenters. The monoisotopic (exact) mass is 387 g/mol. The highest BCUT2D eigenvalue weighted by Crippen LogP contribution is 2.19. The predicted molar refractivity (Wildman–Crippen MR) is 110 cm³/mol. The minimum Gasteiger partial charge on any atom is -0.355 e. The summed E-state index contributed by atoms with van der Waals surface area (Å²) in [5.41, 5.74) is 2.17. The number of benzene rings is 1. The summed E-state index contributed by atoms with van der Waals surface area (Å²) in [6.07, 6.45) is 2.97. The van der Waals surface area contributed by atoms with E-state index in [0.29, 0.717) is 24.3 Å². The Balaban J connectivity index is 1.50. The van der Waals surface area contributed by atoms with Crippen molar-refractivity contribution in [3.05, 3.63) is 34.6 Å². The molecular formula is C20H29N5OS. The van der Waals surface area contributed by atoms with Gasteiger partial charge in [-0.1, -0.05) is 30.7 Å². The second-order valence-electron chi connectivity index (χ2n) is 7.52. The lowest BCUT2D eigenvalue weighted by Crippen LogP contribution is -2.40. The number of hydrogen-bond donors (Lipinski definition) is 2. The zero-order valence-corrected chi connectivity index (χ0v) is 17.0. The minimum absolute atomic E-state index is 0.0540. The molecule has 2 heterocycles. The number of piperidine rings is 1. The summed E-state index contributed by atoms with van der Waals surface area (Å²) in [7, 11) is 0. The van der Waals surface area contributed by atoms with Gasteiger partial charge in [-0.25, -0.2) is 0 Å². The first-order chi connectivity index (χ1) is 13.0. The summed E-state index contributed by atoms with van der Waals surface area (Å²) < 4.78 is 2.44. The number of aromatic amines is 1. The van der Waals surface area contributed by atoms with Crippen molar-refractivity contribution in [2.75, 3.05) is 26.2 Å². The number of carbonyl (C=O) groups is 1. The van der Waals surface area contributed by atoms with Gasteiger partial charge >= 0.3 is 0 Å². The van der Waals surface area contributed by atoms with Crippen molar-refractivity contribution in [2.45, 2.75) is 39.7 Å². The third-order valence-electron chi connectivity index (χ3n) is 5.09. The molecule has 1 aliphatic heterocycles. The van der Waals surface area contributed by atoms with Crippen LogP contribution < -0.4 is 5.32 Å². The number of hydrogen-bond acceptors (Lipinski definition) is 4. The molecule has 3 rings (SSSR count). The van der Waals surface area contributed by atoms with E-state index in [2.05, 4.69) is 33.4 Å². The van der Waals surface area contributed by atoms with Gasteiger partial charge in [0.15, 0.2) is 10.6 Å². The van der Waals surface area contributed by atoms with Crippen LogP contribution in [0.1, 0.15) is 31.7 Å². The molecule has 0 spiro atoms. The Morgan fingerprint density at radius 2 is 2.26 bits per heavy atom. The van der Waals surface area contributed by atoms with Crippen LogP contribution in [0.2, 0.25) is 0 Å². The number of nitrogens with zero attached hydrogens (tertiary/aromatic N) is 3. The fraction of sp³-hybridized carbons (Fsp3) is 0.550. The van der Waals surface area contributed by atoms with Crippen LogP contribution in [-0.2, 0) is 11.3 Å². The van der Waals surface area contributed by atoms with Crippen LogP contribution in [0.15, 0.2) is 24.3 Å². The molecule has 0 saturated carbocycles. The fourth-order valence-corrected chi connectivity index (χ4v) is 3.90. The number of likely N-dealkylation sites (tertiary alicyclic amines) is 1. The van der Waals surface area contributed by atoms with Crippen molar-refractivity contribution in [1.29, 1.82) is 0 Å². The van der Waals surface area contributed by atoms with Crippen molar-refractivity contribution in [3.8, 4) is 11.4 Å². The first kappa shape index (κ1) is 19.8. The molecule has 7 heteroatoms. The molecule has 6 nitrogen and oxygen atoms in total. The molecule has 1 aliphatic rings. The smallest absolute Gasteiger partial charge is 0.221 e. The first-order valence-corrected chi connectivity index (χ1v) is 10.1. The highest BCUT2D eigenvalue weighted by Gasteiger charge is 2.16. The van der Waals surface area contributed by atoms with E-state index in [1.807, 2.05) is 29.7 Å². The molecule has 2 aromatic rings. The Labute approximate surface area is 166 Å². The molecule has 1 fully saturated rings. The Morgan fingerprint density at radius 3 is 3.04 bits per heavy atom. The molecule has 146 valence electrons. The lowest BCUT2D eigenvalue weighted by atomic mass is 10.0. The molecule has 27 heavy (non-hydrogen) atoms. The number of aryl methyl sites for hydroxylation is 1. The van der Waals surface area contributed by atoms with Crippen LogP contribution >= 0.6 is 12.2 Å². The van der Waals surface area contributed by atoms with Crippen molar-refractivity contribution in [3.63, 3.8) is 0 Å². The number of H-pyrrole nitrogens is 1. The van der Waals surface area contributed by atoms with E-state index in [-0.39, 0.29) is 5.91 Å². The van der Waals surface area contributed by atoms with Crippen LogP contribution in [0.5, 0.6) is 0 Å². The van der Waals surface area contributed by atoms with E-state index < -0.39 is 0 Å². The standard InChI is InChI=1S/C20H29N5OS/c1-15-5-3-7-17(13-15)19-22-23-20(27)25(19)11-8-18(26)21-9-12-24-10-4-6-16(2)14-24/h3,5,7,13,16H,4,6,8-12,14H2,1-2H3,(H,21,26)(H,23,27). The van der Waals surface area contributed by atoms with E-state index in [1.54, 1.807) is 0 Å². The average molecular weight is 388 g/mol. The lowest BCUT2D eigenvalue weighted by molar-refractivity contribution is -0.121. The molecule has 2 N–H and O–H groups in total. The number of rotatable bonds is 7. The number of carbonyl (C=O) groups excluding carboxylic acids is 1. The Hall–Kier alpha value is -1.99. The molecule has 1 saturated heterocycles. The van der Waals surface area contributed by atoms with Gasteiger partial charge < -0.3 is 10.2 Å². The zero-order valence-electron chi connectivity index (χ0n) is 16.2. The average Bonchev–Trinajstić information content (AvgIpc) is 3.01. The third kappa shape index (κ3) is 5.49. The SMILES string of the molecule is Cc1cccc(-c2n[nH]c(=S)n2CCC(=O)NCCN2CCCC(C)C2)c1. The van der Waals surface area contributed by atoms with E-state index in [1.165, 1.54) is 12.8 Å². The quantitative estimate of drug-likeness (QED) is 0.716. The van der Waals surface area contributed by atoms with Crippen molar-refractivity contribution in [1.82, 2.24) is 25.0 Å². The highest BCUT2D eigenvalue weighted by molar-refractivity contribution is 7.71. The molecule has 1 aromatic heterocycles. The molecule has 0 bridgehead atoms. The Kier molecular flexibility index (Phi) is 6.79. The molecule has 1 amide bonds. The number of aromatic nitrogens is 3. The van der Waals surface area contributed by atoms with E-state index in [9.17, 15) is 4.79 Å². The van der Waals surface area contributed by atoms with Gasteiger partial charge in [0.2, 0.25) is 5.91 Å². The maximum Gasteiger partial charge on any atom is 0.221 e. The summed E-state index contributed by atoms with van der Waals surface area (Å²) in [5, 5.41) is 10.2. The van der Waals surface area contributed by atoms with E-state index >= 15 is 0 Å². The molecule has 1 aromatic carbocycles. The van der Waals surface area contributed by atoms with Crippen LogP contribution in [0.4, 0.5) is 0 Å². The predicted octanol–water partition coefficient (Wildman–Crippen LogP) is 3.15. The summed E-state index contributed by atoms with van der Waals surface area (Å²) in [6.45, 7) is 8.77. The highest BCUT2D eigenvalue weighted by atomic mass is 32.1. The topological polar surface area (TPSA) is 66.0 Å². The second kappa shape index (κ2) is 9.28. The number of nitrogens with one attached hydrogen (secondary N) is 2. The zero-order chi connectivity index (χ0) is 19.2. The van der Waals surface area contributed by atoms with Gasteiger partial charge in [-0.15, -0.1) is 0 Å². The van der Waals surface area contributed by atoms with E-state index in [4.69, 9.17) is 12.2 Å². The third-order valence-corrected chi connectivity index (χ3v) is 5.40. The van der Waals surface area contributed by atoms with Crippen LogP contribution in [0, 0.1) is 17.6 Å². The maximum absolute atomic E-state index is 12.2. The van der Waals surface area contributed by atoms with Crippen LogP contribution in [-0.4, -0.2) is 51.8 Å². The normalized spacial score (nSPS) is 17.8. The summed E-state index contributed by atoms with van der Waals surface area (Å²) >= 11 is 5.35. The van der Waals surface area contributed by atoms with Crippen LogP contribution in [0.25, 0.3) is 11.4 Å². The van der Waals surface area contributed by atoms with Gasteiger partial charge in [0.25, 0.3) is 0 Å². The van der Waals surface area contributed by atoms with Crippen molar-refractivity contribution >= 4 is 18.1 Å². The first-order valence-electron chi connectivity index (χ1n) is 9.74. The second-order valence-corrected chi connectivity index (χ2v) is 7.91. The van der Waals surface area contributed by atoms with E-state index in [0.717, 1.165) is 42.5 Å². The largest absolute Gasteiger partial charge is 0.355 e. The van der Waals surface area contributed by atoms with Gasteiger partial charge in [-0.2, -0.15) is 5.10 Å². The Morgan fingerprint density at radius 1 is 1.41 bits per heavy atom. The molecule has 1 unspecified atom stereocenters. The molecule has 0 radical (unpaired) electrons. The van der Waals surface area contributed by atoms with Crippen molar-refractivity contribution < 1.29 is 4.79 Å². The summed E-state index contributed by atoms with van der Waals surface area (Å²) in [5.74, 6) is 1.59. The molecular weight excluding hydrogens is 358 g/mol. The van der Waals surface area contributed by atoms with Gasteiger partial charge in [0.05, 0.1) is 0 Å². The van der Waals surface area contributed by atoms with Gasteiger partial charge in [0.1, 0.15) is 0 Å². The lowest BCUT2D eigenvalue weighted by Gasteiger charge is -2.30. The number of amides is 1. The Bertz CT molecular complexity index is 828. The maximum atomic E-state index is 12.2. The van der Waals surface area contributed by atoms with Gasteiger partial charge in [-0.3, -0.25) is 14.5 Å². The summed E-state index contributed by atoms with van der Waals surface area (Å²) in [6, 6.07) is 8.13. The molecule has 0 aliphatic carbocycles. The fourth-order valence-electron chi connectivity index (χ4n) is 3.67.